The van der Waals surface area contributed by atoms with E-state index in [9.17, 15) is 19.7 Å². The largest absolute Gasteiger partial charge is 0.452 e. The molecule has 7 nitrogen and oxygen atoms in total. The molecule has 2 aromatic carbocycles. The topological polar surface area (TPSA) is 98.5 Å². The summed E-state index contributed by atoms with van der Waals surface area (Å²) in [6.45, 7) is -0.565. The van der Waals surface area contributed by atoms with Crippen LogP contribution in [-0.2, 0) is 9.53 Å². The predicted octanol–water partition coefficient (Wildman–Crippen LogP) is 3.65. The molecule has 0 atom stereocenters. The molecule has 24 heavy (non-hydrogen) atoms. The fourth-order valence-electron chi connectivity index (χ4n) is 1.80. The van der Waals surface area contributed by atoms with Crippen molar-refractivity contribution in [1.82, 2.24) is 0 Å². The minimum Gasteiger partial charge on any atom is -0.452 e. The van der Waals surface area contributed by atoms with E-state index in [4.69, 9.17) is 16.3 Å². The molecule has 0 aliphatic heterocycles. The number of carbonyl (C=O) groups is 2. The summed E-state index contributed by atoms with van der Waals surface area (Å²) < 4.78 is 5.75. The Morgan fingerprint density at radius 1 is 1.25 bits per heavy atom. The van der Waals surface area contributed by atoms with Gasteiger partial charge in [0.2, 0.25) is 0 Å². The van der Waals surface area contributed by atoms with E-state index >= 15 is 0 Å². The van der Waals surface area contributed by atoms with Crippen LogP contribution in [0.4, 0.5) is 11.4 Å². The molecule has 0 fully saturated rings. The third-order valence-electron chi connectivity index (χ3n) is 2.82. The first-order valence-electron chi connectivity index (χ1n) is 6.53. The Balaban J connectivity index is 2.00. The molecule has 0 unspecified atom stereocenters. The highest BCUT2D eigenvalue weighted by Gasteiger charge is 2.22. The van der Waals surface area contributed by atoms with Gasteiger partial charge in [0.25, 0.3) is 11.6 Å². The molecule has 0 saturated carbocycles. The van der Waals surface area contributed by atoms with E-state index in [0.29, 0.717) is 5.69 Å². The van der Waals surface area contributed by atoms with Crippen molar-refractivity contribution in [1.29, 1.82) is 0 Å². The normalized spacial score (nSPS) is 10.1. The Hall–Kier alpha value is -2.20. The second kappa shape index (κ2) is 8.06. The molecule has 0 aliphatic carbocycles. The molecule has 0 heterocycles. The van der Waals surface area contributed by atoms with Crippen LogP contribution in [-0.4, -0.2) is 23.4 Å². The summed E-state index contributed by atoms with van der Waals surface area (Å²) in [5, 5.41) is 13.6. The van der Waals surface area contributed by atoms with Crippen LogP contribution in [0, 0.1) is 13.7 Å². The number of hydrogen-bond donors (Lipinski definition) is 1. The number of nitrogens with one attached hydrogen (secondary N) is 1. The lowest BCUT2D eigenvalue weighted by molar-refractivity contribution is -0.385. The van der Waals surface area contributed by atoms with Gasteiger partial charge in [-0.2, -0.15) is 0 Å². The van der Waals surface area contributed by atoms with E-state index in [1.807, 2.05) is 6.07 Å². The molecule has 9 heteroatoms. The van der Waals surface area contributed by atoms with Crippen molar-refractivity contribution in [2.75, 3.05) is 11.9 Å². The third-order valence-corrected chi connectivity index (χ3v) is 3.73. The number of rotatable bonds is 5. The highest BCUT2D eigenvalue weighted by molar-refractivity contribution is 14.1. The Morgan fingerprint density at radius 2 is 2.00 bits per heavy atom. The minimum atomic E-state index is -0.976. The molecule has 0 spiro atoms. The Bertz CT molecular complexity index is 812. The maximum atomic E-state index is 11.9. The summed E-state index contributed by atoms with van der Waals surface area (Å²) in [5.41, 5.74) is -0.197. The molecular formula is C15H10ClIN2O5. The lowest BCUT2D eigenvalue weighted by Crippen LogP contribution is -2.21. The molecule has 1 amide bonds. The standard InChI is InChI=1S/C15H10ClIN2O5/c16-9-4-5-12(13(6-9)19(22)23)15(21)24-8-14(20)18-11-3-1-2-10(17)7-11/h1-7H,8H2,(H,18,20). The number of hydrogen-bond acceptors (Lipinski definition) is 5. The monoisotopic (exact) mass is 460 g/mol. The predicted molar refractivity (Wildman–Crippen MR) is 96.2 cm³/mol. The van der Waals surface area contributed by atoms with Gasteiger partial charge in [0.1, 0.15) is 5.56 Å². The van der Waals surface area contributed by atoms with Crippen LogP contribution in [0.15, 0.2) is 42.5 Å². The average Bonchev–Trinajstić information content (AvgIpc) is 2.52. The molecular weight excluding hydrogens is 451 g/mol. The van der Waals surface area contributed by atoms with Crippen LogP contribution in [0.5, 0.6) is 0 Å². The number of halogens is 2. The second-order valence-corrected chi connectivity index (χ2v) is 6.24. The smallest absolute Gasteiger partial charge is 0.345 e. The van der Waals surface area contributed by atoms with E-state index in [2.05, 4.69) is 27.9 Å². The van der Waals surface area contributed by atoms with E-state index in [1.54, 1.807) is 18.2 Å². The zero-order chi connectivity index (χ0) is 17.7. The van der Waals surface area contributed by atoms with E-state index in [-0.39, 0.29) is 10.6 Å². The highest BCUT2D eigenvalue weighted by Crippen LogP contribution is 2.23. The van der Waals surface area contributed by atoms with Crippen molar-refractivity contribution in [2.45, 2.75) is 0 Å². The van der Waals surface area contributed by atoms with Crippen LogP contribution < -0.4 is 5.32 Å². The molecule has 124 valence electrons. The molecule has 2 aromatic rings. The van der Waals surface area contributed by atoms with Gasteiger partial charge in [0.15, 0.2) is 6.61 Å². The first-order valence-corrected chi connectivity index (χ1v) is 7.99. The summed E-state index contributed by atoms with van der Waals surface area (Å²) in [4.78, 5) is 33.9. The number of ether oxygens (including phenoxy) is 1. The second-order valence-electron chi connectivity index (χ2n) is 4.55. The van der Waals surface area contributed by atoms with Crippen molar-refractivity contribution in [3.8, 4) is 0 Å². The number of anilines is 1. The first kappa shape index (κ1) is 18.1. The zero-order valence-corrected chi connectivity index (χ0v) is 14.9. The highest BCUT2D eigenvalue weighted by atomic mass is 127. The number of benzene rings is 2. The summed E-state index contributed by atoms with van der Waals surface area (Å²) in [6.07, 6.45) is 0. The molecule has 0 bridgehead atoms. The van der Waals surface area contributed by atoms with Crippen LogP contribution in [0.2, 0.25) is 5.02 Å². The van der Waals surface area contributed by atoms with Crippen LogP contribution in [0.1, 0.15) is 10.4 Å². The molecule has 1 N–H and O–H groups in total. The van der Waals surface area contributed by atoms with E-state index in [0.717, 1.165) is 9.64 Å². The summed E-state index contributed by atoms with van der Waals surface area (Å²) in [6, 6.07) is 10.6. The van der Waals surface area contributed by atoms with Crippen molar-refractivity contribution in [3.63, 3.8) is 0 Å². The van der Waals surface area contributed by atoms with Crippen LogP contribution >= 0.6 is 34.2 Å². The maximum absolute atomic E-state index is 11.9. The zero-order valence-electron chi connectivity index (χ0n) is 12.0. The number of esters is 1. The van der Waals surface area contributed by atoms with Gasteiger partial charge in [-0.1, -0.05) is 17.7 Å². The van der Waals surface area contributed by atoms with Gasteiger partial charge in [-0.15, -0.1) is 0 Å². The SMILES string of the molecule is O=C(COC(=O)c1ccc(Cl)cc1[N+](=O)[O-])Nc1cccc(I)c1. The van der Waals surface area contributed by atoms with Gasteiger partial charge in [-0.25, -0.2) is 4.79 Å². The van der Waals surface area contributed by atoms with Gasteiger partial charge in [-0.05, 0) is 52.9 Å². The molecule has 0 aromatic heterocycles. The van der Waals surface area contributed by atoms with Crippen molar-refractivity contribution in [2.24, 2.45) is 0 Å². The lowest BCUT2D eigenvalue weighted by Gasteiger charge is -2.07. The van der Waals surface area contributed by atoms with E-state index < -0.39 is 29.1 Å². The molecule has 0 saturated heterocycles. The Labute approximate surface area is 155 Å². The van der Waals surface area contributed by atoms with Crippen LogP contribution in [0.3, 0.4) is 0 Å². The van der Waals surface area contributed by atoms with Gasteiger partial charge in [-0.3, -0.25) is 14.9 Å². The number of nitro benzene ring substituents is 1. The average molecular weight is 461 g/mol. The minimum absolute atomic E-state index is 0.120. The Morgan fingerprint density at radius 3 is 2.67 bits per heavy atom. The first-order chi connectivity index (χ1) is 11.4. The van der Waals surface area contributed by atoms with Crippen LogP contribution in [0.25, 0.3) is 0 Å². The number of carbonyl (C=O) groups excluding carboxylic acids is 2. The van der Waals surface area contributed by atoms with Crippen molar-refractivity contribution in [3.05, 3.63) is 66.7 Å². The fourth-order valence-corrected chi connectivity index (χ4v) is 2.51. The lowest BCUT2D eigenvalue weighted by atomic mass is 10.2. The third kappa shape index (κ3) is 4.90. The molecule has 2 rings (SSSR count). The molecule has 0 aliphatic rings. The molecule has 0 radical (unpaired) electrons. The van der Waals surface area contributed by atoms with Gasteiger partial charge in [0.05, 0.1) is 4.92 Å². The summed E-state index contributed by atoms with van der Waals surface area (Å²) in [7, 11) is 0. The summed E-state index contributed by atoms with van der Waals surface area (Å²) >= 11 is 7.77. The fraction of sp³-hybridized carbons (Fsp3) is 0.0667. The summed E-state index contributed by atoms with van der Waals surface area (Å²) in [5.74, 6) is -1.53. The van der Waals surface area contributed by atoms with Gasteiger partial charge in [0, 0.05) is 20.3 Å². The van der Waals surface area contributed by atoms with E-state index in [1.165, 1.54) is 12.1 Å². The Kier molecular flexibility index (Phi) is 6.10. The maximum Gasteiger partial charge on any atom is 0.345 e. The number of amides is 1. The number of nitro groups is 1. The van der Waals surface area contributed by atoms with Crippen molar-refractivity contribution < 1.29 is 19.2 Å². The van der Waals surface area contributed by atoms with Crippen molar-refractivity contribution >= 4 is 57.4 Å². The quantitative estimate of drug-likeness (QED) is 0.318. The number of nitrogens with zero attached hydrogens (tertiary/aromatic N) is 1. The van der Waals surface area contributed by atoms with Gasteiger partial charge >= 0.3 is 5.97 Å². The van der Waals surface area contributed by atoms with Gasteiger partial charge < -0.3 is 10.1 Å².